The lowest BCUT2D eigenvalue weighted by Gasteiger charge is -2.19. The topological polar surface area (TPSA) is 35.8 Å². The molecule has 0 aromatic heterocycles. The van der Waals surface area contributed by atoms with Crippen LogP contribution in [0.3, 0.4) is 0 Å². The standard InChI is InChI=1S/C14H19BrN2/c1-3-5-13(6-4-2)17-14-9-12(15)8-7-11(14)10-16/h7-9,13,17H,3-6H2,1-2H3. The molecule has 1 rings (SSSR count). The number of rotatable bonds is 6. The molecule has 0 aliphatic carbocycles. The molecule has 0 radical (unpaired) electrons. The zero-order chi connectivity index (χ0) is 12.7. The minimum Gasteiger partial charge on any atom is -0.381 e. The highest BCUT2D eigenvalue weighted by Crippen LogP contribution is 2.23. The first-order valence-corrected chi connectivity index (χ1v) is 6.96. The highest BCUT2D eigenvalue weighted by molar-refractivity contribution is 9.10. The Morgan fingerprint density at radius 1 is 1.29 bits per heavy atom. The van der Waals surface area contributed by atoms with Gasteiger partial charge in [-0.2, -0.15) is 5.26 Å². The van der Waals surface area contributed by atoms with Crippen molar-refractivity contribution in [1.29, 1.82) is 5.26 Å². The van der Waals surface area contributed by atoms with Gasteiger partial charge in [-0.25, -0.2) is 0 Å². The first-order chi connectivity index (χ1) is 8.21. The SMILES string of the molecule is CCCC(CCC)Nc1cc(Br)ccc1C#N. The zero-order valence-electron chi connectivity index (χ0n) is 10.5. The largest absolute Gasteiger partial charge is 0.381 e. The van der Waals surface area contributed by atoms with Crippen LogP contribution >= 0.6 is 15.9 Å². The third-order valence-electron chi connectivity index (χ3n) is 2.74. The molecule has 92 valence electrons. The number of hydrogen-bond donors (Lipinski definition) is 1. The monoisotopic (exact) mass is 294 g/mol. The highest BCUT2D eigenvalue weighted by atomic mass is 79.9. The van der Waals surface area contributed by atoms with Gasteiger partial charge in [0.05, 0.1) is 11.3 Å². The average Bonchev–Trinajstić information content (AvgIpc) is 2.30. The summed E-state index contributed by atoms with van der Waals surface area (Å²) in [4.78, 5) is 0. The van der Waals surface area contributed by atoms with E-state index >= 15 is 0 Å². The van der Waals surface area contributed by atoms with E-state index in [1.165, 1.54) is 0 Å². The van der Waals surface area contributed by atoms with Gasteiger partial charge in [-0.1, -0.05) is 42.6 Å². The maximum absolute atomic E-state index is 9.08. The van der Waals surface area contributed by atoms with E-state index in [2.05, 4.69) is 41.2 Å². The molecule has 3 heteroatoms. The Morgan fingerprint density at radius 3 is 2.47 bits per heavy atom. The van der Waals surface area contributed by atoms with E-state index in [-0.39, 0.29) is 0 Å². The molecule has 0 atom stereocenters. The van der Waals surface area contributed by atoms with Crippen LogP contribution in [0, 0.1) is 11.3 Å². The molecular formula is C14H19BrN2. The van der Waals surface area contributed by atoms with Crippen LogP contribution in [0.1, 0.15) is 45.1 Å². The Morgan fingerprint density at radius 2 is 1.94 bits per heavy atom. The number of benzene rings is 1. The molecule has 0 fully saturated rings. The van der Waals surface area contributed by atoms with E-state index < -0.39 is 0 Å². The van der Waals surface area contributed by atoms with Crippen LogP contribution in [0.4, 0.5) is 5.69 Å². The smallest absolute Gasteiger partial charge is 0.101 e. The first kappa shape index (κ1) is 14.1. The van der Waals surface area contributed by atoms with Gasteiger partial charge >= 0.3 is 0 Å². The van der Waals surface area contributed by atoms with Crippen LogP contribution in [0.2, 0.25) is 0 Å². The van der Waals surface area contributed by atoms with Gasteiger partial charge in [0.2, 0.25) is 0 Å². The Hall–Kier alpha value is -1.01. The maximum atomic E-state index is 9.08. The van der Waals surface area contributed by atoms with Gasteiger partial charge in [0, 0.05) is 10.5 Å². The third kappa shape index (κ3) is 4.40. The summed E-state index contributed by atoms with van der Waals surface area (Å²) in [6, 6.07) is 8.43. The number of hydrogen-bond acceptors (Lipinski definition) is 2. The van der Waals surface area contributed by atoms with Crippen molar-refractivity contribution in [3.05, 3.63) is 28.2 Å². The molecule has 0 unspecified atom stereocenters. The normalized spacial score (nSPS) is 10.3. The van der Waals surface area contributed by atoms with Crippen LogP contribution in [-0.4, -0.2) is 6.04 Å². The van der Waals surface area contributed by atoms with Gasteiger partial charge in [0.25, 0.3) is 0 Å². The van der Waals surface area contributed by atoms with Gasteiger partial charge in [-0.3, -0.25) is 0 Å². The summed E-state index contributed by atoms with van der Waals surface area (Å²) >= 11 is 3.44. The number of nitriles is 1. The third-order valence-corrected chi connectivity index (χ3v) is 3.23. The molecule has 0 saturated heterocycles. The summed E-state index contributed by atoms with van der Waals surface area (Å²) in [5.41, 5.74) is 1.65. The zero-order valence-corrected chi connectivity index (χ0v) is 12.0. The molecule has 1 aromatic carbocycles. The molecule has 0 amide bonds. The Balaban J connectivity index is 2.84. The highest BCUT2D eigenvalue weighted by Gasteiger charge is 2.09. The van der Waals surface area contributed by atoms with E-state index in [0.29, 0.717) is 11.6 Å². The van der Waals surface area contributed by atoms with Crippen molar-refractivity contribution in [1.82, 2.24) is 0 Å². The van der Waals surface area contributed by atoms with Crippen molar-refractivity contribution in [2.75, 3.05) is 5.32 Å². The van der Waals surface area contributed by atoms with Crippen molar-refractivity contribution in [2.45, 2.75) is 45.6 Å². The van der Waals surface area contributed by atoms with E-state index in [1.807, 2.05) is 18.2 Å². The quantitative estimate of drug-likeness (QED) is 0.825. The second-order valence-electron chi connectivity index (χ2n) is 4.22. The predicted molar refractivity (Wildman–Crippen MR) is 76.1 cm³/mol. The molecular weight excluding hydrogens is 276 g/mol. The fourth-order valence-corrected chi connectivity index (χ4v) is 2.30. The molecule has 0 bridgehead atoms. The molecule has 17 heavy (non-hydrogen) atoms. The van der Waals surface area contributed by atoms with E-state index in [0.717, 1.165) is 35.8 Å². The predicted octanol–water partition coefficient (Wildman–Crippen LogP) is 4.70. The summed E-state index contributed by atoms with van der Waals surface area (Å²) in [6.07, 6.45) is 4.61. The van der Waals surface area contributed by atoms with E-state index in [9.17, 15) is 0 Å². The summed E-state index contributed by atoms with van der Waals surface area (Å²) in [6.45, 7) is 4.38. The lowest BCUT2D eigenvalue weighted by molar-refractivity contribution is 0.586. The summed E-state index contributed by atoms with van der Waals surface area (Å²) in [5.74, 6) is 0. The fraction of sp³-hybridized carbons (Fsp3) is 0.500. The number of nitrogens with one attached hydrogen (secondary N) is 1. The maximum Gasteiger partial charge on any atom is 0.101 e. The summed E-state index contributed by atoms with van der Waals surface area (Å²) in [5, 5.41) is 12.6. The van der Waals surface area contributed by atoms with Crippen molar-refractivity contribution in [2.24, 2.45) is 0 Å². The van der Waals surface area contributed by atoms with Gasteiger partial charge in [-0.15, -0.1) is 0 Å². The average molecular weight is 295 g/mol. The lowest BCUT2D eigenvalue weighted by atomic mass is 10.1. The second-order valence-corrected chi connectivity index (χ2v) is 5.14. The number of anilines is 1. The minimum atomic E-state index is 0.464. The van der Waals surface area contributed by atoms with Crippen LogP contribution < -0.4 is 5.32 Å². The van der Waals surface area contributed by atoms with Crippen LogP contribution in [0.25, 0.3) is 0 Å². The molecule has 1 aromatic rings. The number of nitrogens with zero attached hydrogens (tertiary/aromatic N) is 1. The molecule has 0 aliphatic rings. The molecule has 0 saturated carbocycles. The molecule has 0 aliphatic heterocycles. The van der Waals surface area contributed by atoms with Crippen LogP contribution in [0.5, 0.6) is 0 Å². The van der Waals surface area contributed by atoms with E-state index in [4.69, 9.17) is 5.26 Å². The van der Waals surface area contributed by atoms with Gasteiger partial charge in [-0.05, 0) is 31.0 Å². The van der Waals surface area contributed by atoms with Gasteiger partial charge in [0.1, 0.15) is 6.07 Å². The molecule has 1 N–H and O–H groups in total. The fourth-order valence-electron chi connectivity index (χ4n) is 1.94. The molecule has 0 heterocycles. The molecule has 2 nitrogen and oxygen atoms in total. The van der Waals surface area contributed by atoms with Crippen LogP contribution in [-0.2, 0) is 0 Å². The Kier molecular flexibility index (Phi) is 6.07. The van der Waals surface area contributed by atoms with Crippen molar-refractivity contribution >= 4 is 21.6 Å². The number of halogens is 1. The van der Waals surface area contributed by atoms with Crippen molar-refractivity contribution < 1.29 is 0 Å². The first-order valence-electron chi connectivity index (χ1n) is 6.17. The van der Waals surface area contributed by atoms with Gasteiger partial charge < -0.3 is 5.32 Å². The van der Waals surface area contributed by atoms with Crippen molar-refractivity contribution in [3.63, 3.8) is 0 Å². The van der Waals surface area contributed by atoms with Gasteiger partial charge in [0.15, 0.2) is 0 Å². The summed E-state index contributed by atoms with van der Waals surface area (Å²) in [7, 11) is 0. The summed E-state index contributed by atoms with van der Waals surface area (Å²) < 4.78 is 1.01. The van der Waals surface area contributed by atoms with Crippen LogP contribution in [0.15, 0.2) is 22.7 Å². The Bertz CT molecular complexity index is 390. The van der Waals surface area contributed by atoms with Crippen molar-refractivity contribution in [3.8, 4) is 6.07 Å². The Labute approximate surface area is 112 Å². The second kappa shape index (κ2) is 7.34. The minimum absolute atomic E-state index is 0.464. The lowest BCUT2D eigenvalue weighted by Crippen LogP contribution is -2.19. The van der Waals surface area contributed by atoms with E-state index in [1.54, 1.807) is 0 Å². The molecule has 0 spiro atoms.